The van der Waals surface area contributed by atoms with Crippen molar-refractivity contribution in [2.24, 2.45) is 0 Å². The van der Waals surface area contributed by atoms with Gasteiger partial charge in [0, 0.05) is 10.7 Å². The lowest BCUT2D eigenvalue weighted by Crippen LogP contribution is -2.34. The molecule has 0 saturated carbocycles. The van der Waals surface area contributed by atoms with Gasteiger partial charge in [-0.15, -0.1) is 5.10 Å². The van der Waals surface area contributed by atoms with Crippen molar-refractivity contribution in [3.63, 3.8) is 0 Å². The molecule has 1 aromatic heterocycles. The van der Waals surface area contributed by atoms with Crippen molar-refractivity contribution in [3.8, 4) is 5.69 Å². The predicted octanol–water partition coefficient (Wildman–Crippen LogP) is 4.36. The Bertz CT molecular complexity index is 827. The molecule has 0 spiro atoms. The zero-order chi connectivity index (χ0) is 17.2. The zero-order valence-electron chi connectivity index (χ0n) is 14.0. The molecule has 0 unspecified atom stereocenters. The van der Waals surface area contributed by atoms with Crippen molar-refractivity contribution in [3.05, 3.63) is 64.9 Å². The SMILES string of the molecule is CC[C@@](C)(Nc1ccc(Cl)cc1)c1nnnn1-c1ccccc1C. The van der Waals surface area contributed by atoms with Crippen molar-refractivity contribution < 1.29 is 0 Å². The maximum Gasteiger partial charge on any atom is 0.181 e. The van der Waals surface area contributed by atoms with Gasteiger partial charge in [0.2, 0.25) is 0 Å². The molecule has 124 valence electrons. The fourth-order valence-electron chi connectivity index (χ4n) is 2.65. The molecule has 0 fully saturated rings. The molecule has 6 heteroatoms. The van der Waals surface area contributed by atoms with E-state index in [4.69, 9.17) is 11.6 Å². The Morgan fingerprint density at radius 3 is 2.50 bits per heavy atom. The third kappa shape index (κ3) is 3.12. The first-order chi connectivity index (χ1) is 11.5. The number of hydrogen-bond donors (Lipinski definition) is 1. The largest absolute Gasteiger partial charge is 0.373 e. The van der Waals surface area contributed by atoms with E-state index in [1.807, 2.05) is 47.1 Å². The van der Waals surface area contributed by atoms with E-state index < -0.39 is 5.54 Å². The van der Waals surface area contributed by atoms with Crippen molar-refractivity contribution in [1.29, 1.82) is 0 Å². The molecule has 3 aromatic rings. The Hall–Kier alpha value is -2.40. The molecule has 24 heavy (non-hydrogen) atoms. The maximum absolute atomic E-state index is 5.97. The highest BCUT2D eigenvalue weighted by Gasteiger charge is 2.31. The van der Waals surface area contributed by atoms with Gasteiger partial charge < -0.3 is 5.32 Å². The van der Waals surface area contributed by atoms with Gasteiger partial charge in [-0.25, -0.2) is 0 Å². The summed E-state index contributed by atoms with van der Waals surface area (Å²) in [4.78, 5) is 0. The van der Waals surface area contributed by atoms with Crippen molar-refractivity contribution in [1.82, 2.24) is 20.2 Å². The number of nitrogens with one attached hydrogen (secondary N) is 1. The molecule has 0 aliphatic heterocycles. The molecular weight excluding hydrogens is 322 g/mol. The summed E-state index contributed by atoms with van der Waals surface area (Å²) in [5.41, 5.74) is 2.66. The number of anilines is 1. The van der Waals surface area contributed by atoms with Gasteiger partial charge in [-0.2, -0.15) is 4.68 Å². The second-order valence-electron chi connectivity index (χ2n) is 6.02. The molecule has 0 radical (unpaired) electrons. The van der Waals surface area contributed by atoms with E-state index in [2.05, 4.69) is 47.7 Å². The lowest BCUT2D eigenvalue weighted by molar-refractivity contribution is 0.474. The molecular formula is C18H20ClN5. The van der Waals surface area contributed by atoms with E-state index >= 15 is 0 Å². The van der Waals surface area contributed by atoms with Crippen LogP contribution in [-0.4, -0.2) is 20.2 Å². The molecule has 5 nitrogen and oxygen atoms in total. The first-order valence-corrected chi connectivity index (χ1v) is 8.30. The summed E-state index contributed by atoms with van der Waals surface area (Å²) in [7, 11) is 0. The van der Waals surface area contributed by atoms with Crippen LogP contribution in [0.3, 0.4) is 0 Å². The molecule has 1 N–H and O–H groups in total. The Morgan fingerprint density at radius 2 is 1.83 bits per heavy atom. The van der Waals surface area contributed by atoms with Gasteiger partial charge in [-0.3, -0.25) is 0 Å². The number of tetrazole rings is 1. The second-order valence-corrected chi connectivity index (χ2v) is 6.45. The van der Waals surface area contributed by atoms with E-state index in [1.54, 1.807) is 0 Å². The fraction of sp³-hybridized carbons (Fsp3) is 0.278. The number of aryl methyl sites for hydroxylation is 1. The lowest BCUT2D eigenvalue weighted by atomic mass is 9.96. The summed E-state index contributed by atoms with van der Waals surface area (Å²) in [6.07, 6.45) is 0.821. The number of aromatic nitrogens is 4. The summed E-state index contributed by atoms with van der Waals surface area (Å²) in [6, 6.07) is 15.7. The van der Waals surface area contributed by atoms with Crippen LogP contribution in [0.1, 0.15) is 31.7 Å². The quantitative estimate of drug-likeness (QED) is 0.749. The van der Waals surface area contributed by atoms with Gasteiger partial charge in [0.1, 0.15) is 0 Å². The van der Waals surface area contributed by atoms with Gasteiger partial charge in [0.05, 0.1) is 11.2 Å². The molecule has 0 saturated heterocycles. The number of benzene rings is 2. The topological polar surface area (TPSA) is 55.6 Å². The summed E-state index contributed by atoms with van der Waals surface area (Å²) >= 11 is 5.97. The summed E-state index contributed by atoms with van der Waals surface area (Å²) < 4.78 is 1.81. The number of nitrogens with zero attached hydrogens (tertiary/aromatic N) is 4. The van der Waals surface area contributed by atoms with E-state index in [-0.39, 0.29) is 0 Å². The monoisotopic (exact) mass is 341 g/mol. The summed E-state index contributed by atoms with van der Waals surface area (Å²) in [6.45, 7) is 6.26. The molecule has 2 aromatic carbocycles. The van der Waals surface area contributed by atoms with Crippen LogP contribution in [0.15, 0.2) is 48.5 Å². The molecule has 0 bridgehead atoms. The predicted molar refractivity (Wildman–Crippen MR) is 96.6 cm³/mol. The summed E-state index contributed by atoms with van der Waals surface area (Å²) in [5.74, 6) is 0.772. The standard InChI is InChI=1S/C18H20ClN5/c1-4-18(3,20-15-11-9-14(19)10-12-15)17-21-22-23-24(17)16-8-6-5-7-13(16)2/h5-12,20H,4H2,1-3H3/t18-/m1/s1. The highest BCUT2D eigenvalue weighted by Crippen LogP contribution is 2.30. The molecule has 1 atom stereocenters. The Balaban J connectivity index is 2.01. The van der Waals surface area contributed by atoms with Gasteiger partial charge in [0.25, 0.3) is 0 Å². The van der Waals surface area contributed by atoms with Gasteiger partial charge in [-0.1, -0.05) is 36.7 Å². The average Bonchev–Trinajstić information content (AvgIpc) is 3.07. The van der Waals surface area contributed by atoms with Crippen LogP contribution >= 0.6 is 11.6 Å². The number of hydrogen-bond acceptors (Lipinski definition) is 4. The van der Waals surface area contributed by atoms with E-state index in [0.717, 1.165) is 29.2 Å². The fourth-order valence-corrected chi connectivity index (χ4v) is 2.77. The Labute approximate surface area is 146 Å². The summed E-state index contributed by atoms with van der Waals surface area (Å²) in [5, 5.41) is 16.7. The molecule has 3 rings (SSSR count). The van der Waals surface area contributed by atoms with E-state index in [9.17, 15) is 0 Å². The second kappa shape index (κ2) is 6.61. The first kappa shape index (κ1) is 16.5. The van der Waals surface area contributed by atoms with Crippen LogP contribution in [-0.2, 0) is 5.54 Å². The Kier molecular flexibility index (Phi) is 4.53. The zero-order valence-corrected chi connectivity index (χ0v) is 14.7. The molecule has 0 aliphatic carbocycles. The number of rotatable bonds is 5. The van der Waals surface area contributed by atoms with Crippen LogP contribution in [0.2, 0.25) is 5.02 Å². The van der Waals surface area contributed by atoms with Crippen molar-refractivity contribution in [2.45, 2.75) is 32.7 Å². The highest BCUT2D eigenvalue weighted by molar-refractivity contribution is 6.30. The molecule has 1 heterocycles. The van der Waals surface area contributed by atoms with E-state index in [0.29, 0.717) is 5.02 Å². The maximum atomic E-state index is 5.97. The van der Waals surface area contributed by atoms with Crippen LogP contribution in [0.4, 0.5) is 5.69 Å². The van der Waals surface area contributed by atoms with Gasteiger partial charge in [-0.05, 0) is 66.6 Å². The molecule has 0 amide bonds. The minimum Gasteiger partial charge on any atom is -0.373 e. The third-order valence-electron chi connectivity index (χ3n) is 4.28. The van der Waals surface area contributed by atoms with Gasteiger partial charge >= 0.3 is 0 Å². The molecule has 0 aliphatic rings. The van der Waals surface area contributed by atoms with E-state index in [1.165, 1.54) is 0 Å². The van der Waals surface area contributed by atoms with Crippen LogP contribution < -0.4 is 5.32 Å². The third-order valence-corrected chi connectivity index (χ3v) is 4.53. The number of para-hydroxylation sites is 1. The lowest BCUT2D eigenvalue weighted by Gasteiger charge is -2.29. The minimum atomic E-state index is -0.417. The smallest absolute Gasteiger partial charge is 0.181 e. The minimum absolute atomic E-state index is 0.417. The van der Waals surface area contributed by atoms with Gasteiger partial charge in [0.15, 0.2) is 5.82 Å². The van der Waals surface area contributed by atoms with Crippen LogP contribution in [0, 0.1) is 6.92 Å². The first-order valence-electron chi connectivity index (χ1n) is 7.92. The number of halogens is 1. The Morgan fingerprint density at radius 1 is 1.12 bits per heavy atom. The van der Waals surface area contributed by atoms with Crippen LogP contribution in [0.25, 0.3) is 5.69 Å². The normalized spacial score (nSPS) is 13.5. The average molecular weight is 342 g/mol. The van der Waals surface area contributed by atoms with Crippen molar-refractivity contribution in [2.75, 3.05) is 5.32 Å². The van der Waals surface area contributed by atoms with Crippen molar-refractivity contribution >= 4 is 17.3 Å². The highest BCUT2D eigenvalue weighted by atomic mass is 35.5. The van der Waals surface area contributed by atoms with Crippen LogP contribution in [0.5, 0.6) is 0 Å².